The molecule has 2 heterocycles. The Bertz CT molecular complexity index is 460. The molecular formula is C11H17N5O3. The zero-order valence-electron chi connectivity index (χ0n) is 10.7. The standard InChI is InChI=1S/C11H17N5O3/c1-8-6-10(19-7-9(12)15-17)14-11(13-8)16-2-4-18-5-3-16/h6,17H,2-5,7H2,1H3,(H2,12,15). The molecule has 1 aromatic heterocycles. The number of aromatic nitrogens is 2. The molecule has 0 radical (unpaired) electrons. The van der Waals surface area contributed by atoms with E-state index in [-0.39, 0.29) is 12.4 Å². The van der Waals surface area contributed by atoms with Crippen LogP contribution in [0.25, 0.3) is 0 Å². The van der Waals surface area contributed by atoms with Crippen LogP contribution in [-0.2, 0) is 4.74 Å². The molecule has 3 N–H and O–H groups in total. The van der Waals surface area contributed by atoms with Crippen LogP contribution in [-0.4, -0.2) is 53.9 Å². The van der Waals surface area contributed by atoms with E-state index >= 15 is 0 Å². The summed E-state index contributed by atoms with van der Waals surface area (Å²) in [5.74, 6) is 1.00. The van der Waals surface area contributed by atoms with Crippen LogP contribution in [0.3, 0.4) is 0 Å². The third-order valence-electron chi connectivity index (χ3n) is 2.61. The van der Waals surface area contributed by atoms with Crippen molar-refractivity contribution >= 4 is 11.8 Å². The lowest BCUT2D eigenvalue weighted by molar-refractivity contribution is 0.122. The molecule has 19 heavy (non-hydrogen) atoms. The quantitative estimate of drug-likeness (QED) is 0.335. The highest BCUT2D eigenvalue weighted by atomic mass is 16.5. The van der Waals surface area contributed by atoms with Crippen LogP contribution < -0.4 is 15.4 Å². The Balaban J connectivity index is 2.09. The van der Waals surface area contributed by atoms with E-state index in [0.717, 1.165) is 18.8 Å². The van der Waals surface area contributed by atoms with Crippen LogP contribution in [0.15, 0.2) is 11.2 Å². The summed E-state index contributed by atoms with van der Waals surface area (Å²) in [6.07, 6.45) is 0. The lowest BCUT2D eigenvalue weighted by Gasteiger charge is -2.27. The zero-order valence-corrected chi connectivity index (χ0v) is 10.7. The first-order valence-electron chi connectivity index (χ1n) is 5.96. The summed E-state index contributed by atoms with van der Waals surface area (Å²) in [6, 6.07) is 1.70. The smallest absolute Gasteiger partial charge is 0.229 e. The van der Waals surface area contributed by atoms with Gasteiger partial charge in [-0.05, 0) is 6.92 Å². The Kier molecular flexibility index (Phi) is 4.35. The minimum Gasteiger partial charge on any atom is -0.469 e. The van der Waals surface area contributed by atoms with Gasteiger partial charge in [-0.2, -0.15) is 4.98 Å². The van der Waals surface area contributed by atoms with Crippen LogP contribution in [0, 0.1) is 6.92 Å². The second-order valence-electron chi connectivity index (χ2n) is 4.13. The molecule has 1 aromatic rings. The second-order valence-corrected chi connectivity index (χ2v) is 4.13. The van der Waals surface area contributed by atoms with Gasteiger partial charge in [0.2, 0.25) is 11.8 Å². The summed E-state index contributed by atoms with van der Waals surface area (Å²) >= 11 is 0. The number of aryl methyl sites for hydroxylation is 1. The molecule has 0 amide bonds. The van der Waals surface area contributed by atoms with Crippen LogP contribution >= 0.6 is 0 Å². The molecule has 0 spiro atoms. The van der Waals surface area contributed by atoms with Gasteiger partial charge in [-0.15, -0.1) is 0 Å². The number of hydrogen-bond acceptors (Lipinski definition) is 7. The molecule has 1 aliphatic heterocycles. The maximum absolute atomic E-state index is 8.45. The number of morpholine rings is 1. The van der Waals surface area contributed by atoms with Gasteiger partial charge in [-0.3, -0.25) is 0 Å². The number of anilines is 1. The Morgan fingerprint density at radius 3 is 2.95 bits per heavy atom. The van der Waals surface area contributed by atoms with Crippen LogP contribution in [0.4, 0.5) is 5.95 Å². The lowest BCUT2D eigenvalue weighted by Crippen LogP contribution is -2.37. The number of ether oxygens (including phenoxy) is 2. The largest absolute Gasteiger partial charge is 0.469 e. The molecule has 0 saturated carbocycles. The monoisotopic (exact) mass is 267 g/mol. The third-order valence-corrected chi connectivity index (χ3v) is 2.61. The Morgan fingerprint density at radius 1 is 1.53 bits per heavy atom. The molecule has 1 aliphatic rings. The molecule has 2 rings (SSSR count). The van der Waals surface area contributed by atoms with Crippen LogP contribution in [0.1, 0.15) is 5.69 Å². The van der Waals surface area contributed by atoms with E-state index in [1.165, 1.54) is 0 Å². The summed E-state index contributed by atoms with van der Waals surface area (Å²) < 4.78 is 10.6. The van der Waals surface area contributed by atoms with Gasteiger partial charge in [0.05, 0.1) is 13.2 Å². The van der Waals surface area contributed by atoms with Crippen LogP contribution in [0.5, 0.6) is 5.88 Å². The summed E-state index contributed by atoms with van der Waals surface area (Å²) in [5, 5.41) is 11.3. The van der Waals surface area contributed by atoms with E-state index in [1.54, 1.807) is 6.07 Å². The summed E-state index contributed by atoms with van der Waals surface area (Å²) in [7, 11) is 0. The number of nitrogens with two attached hydrogens (primary N) is 1. The lowest BCUT2D eigenvalue weighted by atomic mass is 10.4. The molecule has 0 aliphatic carbocycles. The van der Waals surface area contributed by atoms with Gasteiger partial charge in [0, 0.05) is 24.8 Å². The van der Waals surface area contributed by atoms with Crippen LogP contribution in [0.2, 0.25) is 0 Å². The van der Waals surface area contributed by atoms with E-state index in [2.05, 4.69) is 15.1 Å². The van der Waals surface area contributed by atoms with E-state index in [0.29, 0.717) is 25.0 Å². The van der Waals surface area contributed by atoms with E-state index in [4.69, 9.17) is 20.4 Å². The Hall–Kier alpha value is -2.09. The van der Waals surface area contributed by atoms with Gasteiger partial charge in [-0.1, -0.05) is 5.16 Å². The maximum atomic E-state index is 8.45. The molecule has 1 saturated heterocycles. The molecule has 1 fully saturated rings. The molecule has 0 bridgehead atoms. The fraction of sp³-hybridized carbons (Fsp3) is 0.545. The minimum absolute atomic E-state index is 0.0100. The molecular weight excluding hydrogens is 250 g/mol. The van der Waals surface area contributed by atoms with Gasteiger partial charge in [-0.25, -0.2) is 4.98 Å². The average molecular weight is 267 g/mol. The SMILES string of the molecule is Cc1cc(OCC(N)=NO)nc(N2CCOCC2)n1. The number of amidine groups is 1. The van der Waals surface area contributed by atoms with E-state index < -0.39 is 0 Å². The highest BCUT2D eigenvalue weighted by molar-refractivity contribution is 5.81. The molecule has 104 valence electrons. The van der Waals surface area contributed by atoms with Gasteiger partial charge < -0.3 is 25.3 Å². The first kappa shape index (κ1) is 13.3. The van der Waals surface area contributed by atoms with Crippen molar-refractivity contribution < 1.29 is 14.7 Å². The molecule has 0 atom stereocenters. The number of oxime groups is 1. The summed E-state index contributed by atoms with van der Waals surface area (Å²) in [6.45, 7) is 4.68. The highest BCUT2D eigenvalue weighted by Gasteiger charge is 2.15. The van der Waals surface area contributed by atoms with E-state index in [9.17, 15) is 0 Å². The Morgan fingerprint density at radius 2 is 2.26 bits per heavy atom. The van der Waals surface area contributed by atoms with E-state index in [1.807, 2.05) is 11.8 Å². The number of nitrogens with zero attached hydrogens (tertiary/aromatic N) is 4. The summed E-state index contributed by atoms with van der Waals surface area (Å²) in [4.78, 5) is 10.7. The van der Waals surface area contributed by atoms with Crippen molar-refractivity contribution in [2.24, 2.45) is 10.9 Å². The molecule has 8 nitrogen and oxygen atoms in total. The Labute approximate surface area is 110 Å². The average Bonchev–Trinajstić information content (AvgIpc) is 2.45. The van der Waals surface area contributed by atoms with Crippen molar-refractivity contribution in [3.63, 3.8) is 0 Å². The minimum atomic E-state index is -0.0183. The fourth-order valence-electron chi connectivity index (χ4n) is 1.68. The van der Waals surface area contributed by atoms with Crippen molar-refractivity contribution in [3.05, 3.63) is 11.8 Å². The second kappa shape index (κ2) is 6.19. The molecule has 0 aromatic carbocycles. The normalized spacial score (nSPS) is 16.5. The third kappa shape index (κ3) is 3.68. The zero-order chi connectivity index (χ0) is 13.7. The van der Waals surface area contributed by atoms with Gasteiger partial charge in [0.15, 0.2) is 12.4 Å². The van der Waals surface area contributed by atoms with Crippen molar-refractivity contribution in [1.82, 2.24) is 9.97 Å². The van der Waals surface area contributed by atoms with Crippen molar-refractivity contribution in [2.75, 3.05) is 37.8 Å². The predicted molar refractivity (Wildman–Crippen MR) is 68.7 cm³/mol. The first-order valence-corrected chi connectivity index (χ1v) is 5.96. The molecule has 0 unspecified atom stereocenters. The van der Waals surface area contributed by atoms with Gasteiger partial charge >= 0.3 is 0 Å². The topological polar surface area (TPSA) is 106 Å². The summed E-state index contributed by atoms with van der Waals surface area (Å²) in [5.41, 5.74) is 6.14. The van der Waals surface area contributed by atoms with Crippen molar-refractivity contribution in [2.45, 2.75) is 6.92 Å². The fourth-order valence-corrected chi connectivity index (χ4v) is 1.68. The van der Waals surface area contributed by atoms with Crippen molar-refractivity contribution in [3.8, 4) is 5.88 Å². The first-order chi connectivity index (χ1) is 9.19. The maximum Gasteiger partial charge on any atom is 0.229 e. The van der Waals surface area contributed by atoms with Gasteiger partial charge in [0.1, 0.15) is 0 Å². The molecule has 8 heteroatoms. The number of rotatable bonds is 4. The van der Waals surface area contributed by atoms with Crippen molar-refractivity contribution in [1.29, 1.82) is 0 Å². The highest BCUT2D eigenvalue weighted by Crippen LogP contribution is 2.16. The predicted octanol–water partition coefficient (Wildman–Crippen LogP) is -0.253. The van der Waals surface area contributed by atoms with Gasteiger partial charge in [0.25, 0.3) is 0 Å². The number of hydrogen-bond donors (Lipinski definition) is 2.